The van der Waals surface area contributed by atoms with Crippen molar-refractivity contribution >= 4 is 0 Å². The Balaban J connectivity index is 1.60. The number of nitrogens with zero attached hydrogens (tertiary/aromatic N) is 2. The van der Waals surface area contributed by atoms with Crippen LogP contribution in [0.3, 0.4) is 0 Å². The third-order valence-electron chi connectivity index (χ3n) is 5.19. The zero-order valence-corrected chi connectivity index (χ0v) is 15.6. The Labute approximate surface area is 154 Å². The molecule has 140 valence electrons. The summed E-state index contributed by atoms with van der Waals surface area (Å²) in [5, 5.41) is 9.56. The van der Waals surface area contributed by atoms with Crippen molar-refractivity contribution in [3.05, 3.63) is 63.6 Å². The van der Waals surface area contributed by atoms with Gasteiger partial charge in [-0.25, -0.2) is 0 Å². The number of hydrogen-bond donors (Lipinski definition) is 1. The summed E-state index contributed by atoms with van der Waals surface area (Å²) in [4.78, 5) is 14.3. The van der Waals surface area contributed by atoms with Gasteiger partial charge in [0.05, 0.1) is 13.2 Å². The number of piperidine rings is 1. The van der Waals surface area contributed by atoms with Crippen LogP contribution in [-0.4, -0.2) is 34.3 Å². The van der Waals surface area contributed by atoms with Crippen LogP contribution in [-0.2, 0) is 20.2 Å². The molecule has 1 saturated heterocycles. The van der Waals surface area contributed by atoms with E-state index in [4.69, 9.17) is 4.74 Å². The number of benzene rings is 1. The zero-order chi connectivity index (χ0) is 18.5. The lowest BCUT2D eigenvalue weighted by Gasteiger charge is -2.32. The maximum absolute atomic E-state index is 11.8. The zero-order valence-electron chi connectivity index (χ0n) is 15.6. The normalized spacial score (nSPS) is 16.0. The van der Waals surface area contributed by atoms with Gasteiger partial charge in [0.25, 0.3) is 5.56 Å². The fourth-order valence-electron chi connectivity index (χ4n) is 3.65. The first-order chi connectivity index (χ1) is 12.6. The lowest BCUT2D eigenvalue weighted by Crippen LogP contribution is -2.33. The Morgan fingerprint density at radius 1 is 1.19 bits per heavy atom. The minimum Gasteiger partial charge on any atom is -0.494 e. The van der Waals surface area contributed by atoms with Crippen molar-refractivity contribution in [1.82, 2.24) is 9.47 Å². The summed E-state index contributed by atoms with van der Waals surface area (Å²) >= 11 is 0. The van der Waals surface area contributed by atoms with Gasteiger partial charge < -0.3 is 14.4 Å². The third-order valence-corrected chi connectivity index (χ3v) is 5.19. The first-order valence-corrected chi connectivity index (χ1v) is 9.35. The van der Waals surface area contributed by atoms with Crippen LogP contribution in [0, 0.1) is 0 Å². The third kappa shape index (κ3) is 4.34. The molecule has 1 aliphatic heterocycles. The fraction of sp³-hybridized carbons (Fsp3) is 0.476. The van der Waals surface area contributed by atoms with E-state index < -0.39 is 0 Å². The van der Waals surface area contributed by atoms with Gasteiger partial charge in [-0.2, -0.15) is 0 Å². The maximum atomic E-state index is 11.8. The van der Waals surface area contributed by atoms with E-state index in [-0.39, 0.29) is 12.2 Å². The minimum atomic E-state index is -0.00574. The highest BCUT2D eigenvalue weighted by Crippen LogP contribution is 2.28. The smallest absolute Gasteiger partial charge is 0.250 e. The lowest BCUT2D eigenvalue weighted by atomic mass is 9.90. The first kappa shape index (κ1) is 18.7. The summed E-state index contributed by atoms with van der Waals surface area (Å²) in [5.41, 5.74) is 3.27. The second-order valence-electron chi connectivity index (χ2n) is 6.99. The molecule has 1 fully saturated rings. The first-order valence-electron chi connectivity index (χ1n) is 9.35. The quantitative estimate of drug-likeness (QED) is 0.865. The number of likely N-dealkylation sites (tertiary alicyclic amines) is 1. The van der Waals surface area contributed by atoms with Crippen molar-refractivity contribution in [3.8, 4) is 5.75 Å². The van der Waals surface area contributed by atoms with Gasteiger partial charge in [0.2, 0.25) is 0 Å². The fourth-order valence-corrected chi connectivity index (χ4v) is 3.65. The van der Waals surface area contributed by atoms with Crippen LogP contribution in [0.2, 0.25) is 0 Å². The van der Waals surface area contributed by atoms with E-state index in [0.717, 1.165) is 49.4 Å². The van der Waals surface area contributed by atoms with E-state index in [0.29, 0.717) is 12.5 Å². The molecule has 5 heteroatoms. The molecule has 26 heavy (non-hydrogen) atoms. The Morgan fingerprint density at radius 3 is 2.62 bits per heavy atom. The Bertz CT molecular complexity index is 792. The van der Waals surface area contributed by atoms with Crippen LogP contribution in [0.4, 0.5) is 0 Å². The molecule has 0 aliphatic carbocycles. The largest absolute Gasteiger partial charge is 0.494 e. The molecule has 1 aromatic carbocycles. The second kappa shape index (κ2) is 8.52. The molecule has 0 saturated carbocycles. The maximum Gasteiger partial charge on any atom is 0.250 e. The van der Waals surface area contributed by atoms with Gasteiger partial charge in [0, 0.05) is 31.4 Å². The molecule has 5 nitrogen and oxygen atoms in total. The number of aliphatic hydroxyl groups excluding tert-OH is 1. The molecule has 2 aromatic rings. The molecule has 0 unspecified atom stereocenters. The molecule has 0 atom stereocenters. The summed E-state index contributed by atoms with van der Waals surface area (Å²) in [7, 11) is 1.78. The van der Waals surface area contributed by atoms with Crippen LogP contribution in [0.1, 0.15) is 42.4 Å². The van der Waals surface area contributed by atoms with E-state index in [1.54, 1.807) is 17.7 Å². The van der Waals surface area contributed by atoms with Crippen LogP contribution in [0.15, 0.2) is 41.3 Å². The lowest BCUT2D eigenvalue weighted by molar-refractivity contribution is 0.204. The number of pyridine rings is 1. The van der Waals surface area contributed by atoms with Gasteiger partial charge in [0.15, 0.2) is 0 Å². The Hall–Kier alpha value is -2.11. The molecule has 0 radical (unpaired) electrons. The predicted molar refractivity (Wildman–Crippen MR) is 102 cm³/mol. The van der Waals surface area contributed by atoms with Gasteiger partial charge in [-0.05, 0) is 68.1 Å². The van der Waals surface area contributed by atoms with E-state index >= 15 is 0 Å². The summed E-state index contributed by atoms with van der Waals surface area (Å²) in [6, 6.07) is 9.92. The van der Waals surface area contributed by atoms with E-state index in [1.807, 2.05) is 25.3 Å². The second-order valence-corrected chi connectivity index (χ2v) is 6.99. The van der Waals surface area contributed by atoms with E-state index in [2.05, 4.69) is 17.0 Å². The molecular formula is C21H28N2O3. The van der Waals surface area contributed by atoms with Gasteiger partial charge in [-0.3, -0.25) is 9.69 Å². The van der Waals surface area contributed by atoms with Crippen molar-refractivity contribution in [2.75, 3.05) is 19.7 Å². The van der Waals surface area contributed by atoms with Crippen LogP contribution in [0.5, 0.6) is 5.75 Å². The van der Waals surface area contributed by atoms with Gasteiger partial charge in [-0.15, -0.1) is 0 Å². The molecule has 2 heterocycles. The van der Waals surface area contributed by atoms with Crippen molar-refractivity contribution in [2.45, 2.75) is 38.8 Å². The van der Waals surface area contributed by atoms with Crippen molar-refractivity contribution < 1.29 is 9.84 Å². The summed E-state index contributed by atoms with van der Waals surface area (Å²) in [6.45, 7) is 5.45. The molecule has 0 bridgehead atoms. The summed E-state index contributed by atoms with van der Waals surface area (Å²) < 4.78 is 7.17. The van der Waals surface area contributed by atoms with Crippen molar-refractivity contribution in [3.63, 3.8) is 0 Å². The molecule has 1 aliphatic rings. The number of aromatic nitrogens is 1. The topological polar surface area (TPSA) is 54.7 Å². The minimum absolute atomic E-state index is 0.00574. The number of ether oxygens (including phenoxy) is 1. The highest BCUT2D eigenvalue weighted by molar-refractivity contribution is 5.37. The number of aliphatic hydroxyl groups is 1. The monoisotopic (exact) mass is 356 g/mol. The average Bonchev–Trinajstić information content (AvgIpc) is 2.66. The molecular weight excluding hydrogens is 328 g/mol. The highest BCUT2D eigenvalue weighted by Gasteiger charge is 2.21. The molecule has 3 rings (SSSR count). The van der Waals surface area contributed by atoms with Crippen LogP contribution >= 0.6 is 0 Å². The molecule has 0 amide bonds. The molecule has 1 aromatic heterocycles. The molecule has 1 N–H and O–H groups in total. The predicted octanol–water partition coefficient (Wildman–Crippen LogP) is 2.66. The SMILES string of the molecule is CCOc1ccc(CN2CCC(c3ccn(C)c(=O)c3)CC2)cc1CO. The Kier molecular flexibility index (Phi) is 6.12. The average molecular weight is 356 g/mol. The Morgan fingerprint density at radius 2 is 1.96 bits per heavy atom. The van der Waals surface area contributed by atoms with E-state index in [9.17, 15) is 9.90 Å². The van der Waals surface area contributed by atoms with Crippen molar-refractivity contribution in [1.29, 1.82) is 0 Å². The standard InChI is InChI=1S/C21H28N2O3/c1-3-26-20-5-4-16(12-19(20)15-24)14-23-10-7-17(8-11-23)18-6-9-22(2)21(25)13-18/h4-6,9,12-13,17,24H,3,7-8,10-11,14-15H2,1-2H3. The highest BCUT2D eigenvalue weighted by atomic mass is 16.5. The van der Waals surface area contributed by atoms with Crippen LogP contribution < -0.4 is 10.3 Å². The number of hydrogen-bond acceptors (Lipinski definition) is 4. The van der Waals surface area contributed by atoms with Gasteiger partial charge in [0.1, 0.15) is 5.75 Å². The summed E-state index contributed by atoms with van der Waals surface area (Å²) in [5.74, 6) is 1.23. The van der Waals surface area contributed by atoms with Gasteiger partial charge >= 0.3 is 0 Å². The van der Waals surface area contributed by atoms with Gasteiger partial charge in [-0.1, -0.05) is 6.07 Å². The van der Waals surface area contributed by atoms with E-state index in [1.165, 1.54) is 5.56 Å². The summed E-state index contributed by atoms with van der Waals surface area (Å²) in [6.07, 6.45) is 3.99. The van der Waals surface area contributed by atoms with Crippen molar-refractivity contribution in [2.24, 2.45) is 7.05 Å². The molecule has 0 spiro atoms. The number of aryl methyl sites for hydroxylation is 1. The number of rotatable bonds is 6. The van der Waals surface area contributed by atoms with Crippen LogP contribution in [0.25, 0.3) is 0 Å².